The monoisotopic (exact) mass is 345 g/mol. The van der Waals surface area contributed by atoms with Crippen molar-refractivity contribution in [1.82, 2.24) is 9.78 Å². The van der Waals surface area contributed by atoms with Crippen LogP contribution in [0, 0.1) is 6.92 Å². The number of hydrogen-bond donors (Lipinski definition) is 2. The summed E-state index contributed by atoms with van der Waals surface area (Å²) >= 11 is 0. The molecule has 0 saturated heterocycles. The molecule has 0 saturated carbocycles. The molecule has 0 bridgehead atoms. The molecule has 0 spiro atoms. The summed E-state index contributed by atoms with van der Waals surface area (Å²) in [6, 6.07) is 4.77. The smallest absolute Gasteiger partial charge is 0.356 e. The van der Waals surface area contributed by atoms with Gasteiger partial charge in [-0.3, -0.25) is 9.48 Å². The van der Waals surface area contributed by atoms with Crippen molar-refractivity contribution in [2.24, 2.45) is 7.05 Å². The summed E-state index contributed by atoms with van der Waals surface area (Å²) in [5.74, 6) is -0.649. The molecule has 7 nitrogen and oxygen atoms in total. The van der Waals surface area contributed by atoms with E-state index in [-0.39, 0.29) is 29.7 Å². The minimum absolute atomic E-state index is 0.113. The predicted octanol–water partition coefficient (Wildman–Crippen LogP) is 2.99. The van der Waals surface area contributed by atoms with Crippen LogP contribution in [0.25, 0.3) is 0 Å². The van der Waals surface area contributed by atoms with E-state index in [1.807, 2.05) is 13.8 Å². The fourth-order valence-electron chi connectivity index (χ4n) is 2.47. The van der Waals surface area contributed by atoms with Gasteiger partial charge in [-0.1, -0.05) is 13.8 Å². The highest BCUT2D eigenvalue weighted by Gasteiger charge is 2.19. The van der Waals surface area contributed by atoms with Crippen molar-refractivity contribution >= 4 is 17.6 Å². The number of esters is 1. The van der Waals surface area contributed by atoms with Gasteiger partial charge in [0.2, 0.25) is 0 Å². The molecule has 25 heavy (non-hydrogen) atoms. The van der Waals surface area contributed by atoms with Gasteiger partial charge in [0.1, 0.15) is 11.4 Å². The molecular formula is C18H23N3O4. The number of hydrogen-bond acceptors (Lipinski definition) is 5. The van der Waals surface area contributed by atoms with Crippen molar-refractivity contribution in [3.8, 4) is 5.75 Å². The van der Waals surface area contributed by atoms with Crippen molar-refractivity contribution in [1.29, 1.82) is 0 Å². The molecule has 0 aliphatic rings. The van der Waals surface area contributed by atoms with Gasteiger partial charge in [-0.2, -0.15) is 5.10 Å². The summed E-state index contributed by atoms with van der Waals surface area (Å²) in [5.41, 5.74) is 2.39. The molecule has 7 heteroatoms. The van der Waals surface area contributed by atoms with Crippen LogP contribution in [0.3, 0.4) is 0 Å². The van der Waals surface area contributed by atoms with E-state index in [1.54, 1.807) is 33.0 Å². The third-order valence-corrected chi connectivity index (χ3v) is 3.84. The second-order valence-corrected chi connectivity index (χ2v) is 6.09. The average molecular weight is 345 g/mol. The summed E-state index contributed by atoms with van der Waals surface area (Å²) in [4.78, 5) is 24.3. The maximum atomic E-state index is 12.5. The third kappa shape index (κ3) is 3.99. The Morgan fingerprint density at radius 2 is 2.00 bits per heavy atom. The molecule has 134 valence electrons. The number of phenolic OH excluding ortho intramolecular Hbond substituents is 1. The van der Waals surface area contributed by atoms with Crippen LogP contribution in [0.2, 0.25) is 0 Å². The molecule has 0 radical (unpaired) electrons. The number of amides is 1. The molecule has 1 aromatic heterocycles. The number of carbonyl (C=O) groups excluding carboxylic acids is 2. The Hall–Kier alpha value is -2.83. The third-order valence-electron chi connectivity index (χ3n) is 3.84. The van der Waals surface area contributed by atoms with Gasteiger partial charge in [0.05, 0.1) is 6.61 Å². The van der Waals surface area contributed by atoms with Crippen molar-refractivity contribution < 1.29 is 19.4 Å². The summed E-state index contributed by atoms with van der Waals surface area (Å²) < 4.78 is 6.25. The minimum Gasteiger partial charge on any atom is -0.508 e. The summed E-state index contributed by atoms with van der Waals surface area (Å²) in [5, 5.41) is 16.9. The fraction of sp³-hybridized carbons (Fsp3) is 0.389. The number of nitrogens with one attached hydrogen (secondary N) is 1. The normalized spacial score (nSPS) is 10.8. The van der Waals surface area contributed by atoms with Crippen LogP contribution in [0.1, 0.15) is 58.8 Å². The molecule has 2 aromatic rings. The number of aromatic nitrogens is 2. The van der Waals surface area contributed by atoms with Gasteiger partial charge < -0.3 is 15.2 Å². The predicted molar refractivity (Wildman–Crippen MR) is 94.1 cm³/mol. The van der Waals surface area contributed by atoms with Gasteiger partial charge in [0, 0.05) is 18.8 Å². The Kier molecular flexibility index (Phi) is 5.46. The first-order chi connectivity index (χ1) is 11.7. The van der Waals surface area contributed by atoms with Crippen LogP contribution >= 0.6 is 0 Å². The molecule has 1 aromatic carbocycles. The first kappa shape index (κ1) is 18.5. The fourth-order valence-corrected chi connectivity index (χ4v) is 2.47. The van der Waals surface area contributed by atoms with E-state index in [9.17, 15) is 14.7 Å². The van der Waals surface area contributed by atoms with Crippen LogP contribution in [0.15, 0.2) is 18.2 Å². The van der Waals surface area contributed by atoms with Gasteiger partial charge in [0.25, 0.3) is 5.91 Å². The standard InChI is InChI=1S/C18H23N3O4/c1-6-25-18(24)15-9-14(20-21(15)5)17(23)19-13-8-12(10(2)3)16(22)7-11(13)4/h7-10,22H,6H2,1-5H3,(H,19,23). The van der Waals surface area contributed by atoms with Crippen LogP contribution in [-0.2, 0) is 11.8 Å². The largest absolute Gasteiger partial charge is 0.508 e. The Labute approximate surface area is 146 Å². The highest BCUT2D eigenvalue weighted by molar-refractivity contribution is 6.04. The van der Waals surface area contributed by atoms with Crippen molar-refractivity contribution in [3.63, 3.8) is 0 Å². The maximum Gasteiger partial charge on any atom is 0.356 e. The minimum atomic E-state index is -0.528. The topological polar surface area (TPSA) is 93.5 Å². The molecule has 0 aliphatic heterocycles. The Morgan fingerprint density at radius 3 is 2.60 bits per heavy atom. The number of aryl methyl sites for hydroxylation is 2. The van der Waals surface area contributed by atoms with Gasteiger partial charge in [-0.15, -0.1) is 0 Å². The number of carbonyl (C=O) groups is 2. The Bertz CT molecular complexity index is 809. The quantitative estimate of drug-likeness (QED) is 0.642. The van der Waals surface area contributed by atoms with Crippen molar-refractivity contribution in [3.05, 3.63) is 40.7 Å². The van der Waals surface area contributed by atoms with E-state index in [2.05, 4.69) is 10.4 Å². The highest BCUT2D eigenvalue weighted by atomic mass is 16.5. The maximum absolute atomic E-state index is 12.5. The number of phenols is 1. The summed E-state index contributed by atoms with van der Waals surface area (Å²) in [6.07, 6.45) is 0. The molecule has 1 heterocycles. The number of aromatic hydroxyl groups is 1. The second-order valence-electron chi connectivity index (χ2n) is 6.09. The van der Waals surface area contributed by atoms with E-state index in [0.717, 1.165) is 11.1 Å². The number of anilines is 1. The lowest BCUT2D eigenvalue weighted by Crippen LogP contribution is -2.14. The lowest BCUT2D eigenvalue weighted by molar-refractivity contribution is 0.0513. The van der Waals surface area contributed by atoms with E-state index >= 15 is 0 Å². The van der Waals surface area contributed by atoms with Gasteiger partial charge in [-0.05, 0) is 43.0 Å². The first-order valence-corrected chi connectivity index (χ1v) is 8.10. The van der Waals surface area contributed by atoms with Crippen LogP contribution in [0.4, 0.5) is 5.69 Å². The number of benzene rings is 1. The SMILES string of the molecule is CCOC(=O)c1cc(C(=O)Nc2cc(C(C)C)c(O)cc2C)nn1C. The van der Waals surface area contributed by atoms with Crippen molar-refractivity contribution in [2.75, 3.05) is 11.9 Å². The lowest BCUT2D eigenvalue weighted by Gasteiger charge is -2.14. The lowest BCUT2D eigenvalue weighted by atomic mass is 9.99. The van der Waals surface area contributed by atoms with Crippen LogP contribution in [0.5, 0.6) is 5.75 Å². The Balaban J connectivity index is 2.27. The number of ether oxygens (including phenoxy) is 1. The van der Waals surface area contributed by atoms with Gasteiger partial charge in [-0.25, -0.2) is 4.79 Å². The van der Waals surface area contributed by atoms with E-state index in [1.165, 1.54) is 10.7 Å². The molecule has 0 fully saturated rings. The second kappa shape index (κ2) is 7.38. The number of rotatable bonds is 5. The molecule has 1 amide bonds. The van der Waals surface area contributed by atoms with Gasteiger partial charge in [0.15, 0.2) is 5.69 Å². The molecular weight excluding hydrogens is 322 g/mol. The van der Waals surface area contributed by atoms with Crippen molar-refractivity contribution in [2.45, 2.75) is 33.6 Å². The first-order valence-electron chi connectivity index (χ1n) is 8.10. The molecule has 0 unspecified atom stereocenters. The van der Waals surface area contributed by atoms with Crippen LogP contribution in [-0.4, -0.2) is 33.4 Å². The summed E-state index contributed by atoms with van der Waals surface area (Å²) in [6.45, 7) is 7.67. The van der Waals surface area contributed by atoms with E-state index in [4.69, 9.17) is 4.74 Å². The van der Waals surface area contributed by atoms with E-state index < -0.39 is 11.9 Å². The van der Waals surface area contributed by atoms with E-state index in [0.29, 0.717) is 5.69 Å². The highest BCUT2D eigenvalue weighted by Crippen LogP contribution is 2.31. The zero-order chi connectivity index (χ0) is 18.7. The average Bonchev–Trinajstić information content (AvgIpc) is 2.92. The molecule has 2 rings (SSSR count). The Morgan fingerprint density at radius 1 is 1.32 bits per heavy atom. The zero-order valence-corrected chi connectivity index (χ0v) is 15.1. The van der Waals surface area contributed by atoms with Crippen LogP contribution < -0.4 is 5.32 Å². The number of nitrogens with zero attached hydrogens (tertiary/aromatic N) is 2. The summed E-state index contributed by atoms with van der Waals surface area (Å²) in [7, 11) is 1.58. The molecule has 2 N–H and O–H groups in total. The molecule has 0 atom stereocenters. The molecule has 0 aliphatic carbocycles. The van der Waals surface area contributed by atoms with Gasteiger partial charge >= 0.3 is 5.97 Å². The zero-order valence-electron chi connectivity index (χ0n) is 15.1.